The van der Waals surface area contributed by atoms with Gasteiger partial charge in [0, 0.05) is 11.8 Å². The maximum Gasteiger partial charge on any atom is 0.361 e. The number of anilines is 1. The van der Waals surface area contributed by atoms with Crippen LogP contribution in [0.3, 0.4) is 0 Å². The van der Waals surface area contributed by atoms with Gasteiger partial charge in [-0.25, -0.2) is 19.4 Å². The number of esters is 1. The number of nitrogens with two attached hydrogens (primary N) is 1. The Hall–Kier alpha value is -2.44. The molecule has 0 fully saturated rings. The van der Waals surface area contributed by atoms with Crippen molar-refractivity contribution in [3.8, 4) is 5.82 Å². The molecule has 0 saturated carbocycles. The van der Waals surface area contributed by atoms with Crippen molar-refractivity contribution in [1.29, 1.82) is 0 Å². The Morgan fingerprint density at radius 1 is 1.40 bits per heavy atom. The molecule has 2 N–H and O–H groups in total. The summed E-state index contributed by atoms with van der Waals surface area (Å²) in [6.07, 6.45) is 4.87. The Morgan fingerprint density at radius 3 is 2.90 bits per heavy atom. The summed E-state index contributed by atoms with van der Waals surface area (Å²) in [6, 6.07) is 1.82. The first-order valence-corrected chi connectivity index (χ1v) is 6.49. The second-order valence-corrected chi connectivity index (χ2v) is 4.22. The lowest BCUT2D eigenvalue weighted by Crippen LogP contribution is -2.09. The van der Waals surface area contributed by atoms with Crippen molar-refractivity contribution < 1.29 is 9.53 Å². The molecule has 0 atom stereocenters. The first-order valence-electron chi connectivity index (χ1n) is 6.49. The van der Waals surface area contributed by atoms with Crippen LogP contribution in [0.5, 0.6) is 0 Å². The molecule has 0 spiro atoms. The van der Waals surface area contributed by atoms with E-state index in [4.69, 9.17) is 10.5 Å². The fraction of sp³-hybridized carbons (Fsp3) is 0.385. The first-order chi connectivity index (χ1) is 9.65. The summed E-state index contributed by atoms with van der Waals surface area (Å²) in [5.41, 5.74) is 7.06. The third kappa shape index (κ3) is 2.93. The molecule has 0 unspecified atom stereocenters. The Labute approximate surface area is 116 Å². The van der Waals surface area contributed by atoms with Crippen LogP contribution in [0.1, 0.15) is 36.5 Å². The van der Waals surface area contributed by atoms with E-state index in [0.717, 1.165) is 18.5 Å². The number of nitrogens with zero attached hydrogens (tertiary/aromatic N) is 4. The minimum absolute atomic E-state index is 0.0995. The number of aromatic nitrogens is 4. The Bertz CT molecular complexity index is 609. The zero-order chi connectivity index (χ0) is 14.5. The van der Waals surface area contributed by atoms with Crippen LogP contribution in [0.2, 0.25) is 0 Å². The molecule has 0 aliphatic heterocycles. The Morgan fingerprint density at radius 2 is 2.20 bits per heavy atom. The van der Waals surface area contributed by atoms with E-state index in [1.54, 1.807) is 13.1 Å². The maximum atomic E-state index is 11.7. The lowest BCUT2D eigenvalue weighted by molar-refractivity contribution is 0.0520. The molecule has 0 saturated heterocycles. The van der Waals surface area contributed by atoms with Crippen LogP contribution in [-0.2, 0) is 11.2 Å². The largest absolute Gasteiger partial charge is 0.461 e. The van der Waals surface area contributed by atoms with Gasteiger partial charge in [-0.2, -0.15) is 5.10 Å². The predicted octanol–water partition coefficient (Wildman–Crippen LogP) is 1.37. The molecular formula is C13H17N5O2. The van der Waals surface area contributed by atoms with Crippen LogP contribution in [0.4, 0.5) is 5.69 Å². The molecule has 0 aromatic carbocycles. The van der Waals surface area contributed by atoms with E-state index in [9.17, 15) is 4.79 Å². The van der Waals surface area contributed by atoms with Gasteiger partial charge in [-0.15, -0.1) is 0 Å². The van der Waals surface area contributed by atoms with Crippen LogP contribution in [-0.4, -0.2) is 32.3 Å². The van der Waals surface area contributed by atoms with Crippen molar-refractivity contribution in [2.24, 2.45) is 0 Å². The van der Waals surface area contributed by atoms with Gasteiger partial charge in [0.1, 0.15) is 6.33 Å². The molecule has 0 radical (unpaired) electrons. The van der Waals surface area contributed by atoms with E-state index in [1.165, 1.54) is 11.0 Å². The average molecular weight is 275 g/mol. The van der Waals surface area contributed by atoms with Crippen molar-refractivity contribution in [1.82, 2.24) is 19.7 Å². The second-order valence-electron chi connectivity index (χ2n) is 4.22. The van der Waals surface area contributed by atoms with Gasteiger partial charge in [-0.1, -0.05) is 13.3 Å². The van der Waals surface area contributed by atoms with E-state index >= 15 is 0 Å². The number of nitrogen functional groups attached to an aromatic ring is 1. The minimum Gasteiger partial charge on any atom is -0.461 e. The number of hydrogen-bond acceptors (Lipinski definition) is 6. The summed E-state index contributed by atoms with van der Waals surface area (Å²) in [7, 11) is 0. The quantitative estimate of drug-likeness (QED) is 0.828. The lowest BCUT2D eigenvalue weighted by atomic mass is 10.2. The summed E-state index contributed by atoms with van der Waals surface area (Å²) in [5, 5.41) is 4.13. The topological polar surface area (TPSA) is 95.9 Å². The highest BCUT2D eigenvalue weighted by atomic mass is 16.5. The van der Waals surface area contributed by atoms with E-state index in [-0.39, 0.29) is 18.0 Å². The van der Waals surface area contributed by atoms with Gasteiger partial charge in [0.15, 0.2) is 11.5 Å². The number of carbonyl (C=O) groups excluding carboxylic acids is 1. The number of hydrogen-bond donors (Lipinski definition) is 1. The van der Waals surface area contributed by atoms with E-state index in [2.05, 4.69) is 22.0 Å². The highest BCUT2D eigenvalue weighted by Gasteiger charge is 2.17. The zero-order valence-electron chi connectivity index (χ0n) is 11.5. The number of ether oxygens (including phenoxy) is 1. The summed E-state index contributed by atoms with van der Waals surface area (Å²) >= 11 is 0. The molecule has 2 rings (SSSR count). The first kappa shape index (κ1) is 14.0. The van der Waals surface area contributed by atoms with Crippen molar-refractivity contribution in [2.75, 3.05) is 12.3 Å². The fourth-order valence-corrected chi connectivity index (χ4v) is 1.77. The van der Waals surface area contributed by atoms with Crippen molar-refractivity contribution in [3.05, 3.63) is 30.0 Å². The van der Waals surface area contributed by atoms with E-state index in [0.29, 0.717) is 5.82 Å². The lowest BCUT2D eigenvalue weighted by Gasteiger charge is -2.02. The predicted molar refractivity (Wildman–Crippen MR) is 73.5 cm³/mol. The summed E-state index contributed by atoms with van der Waals surface area (Å²) in [6.45, 7) is 4.08. The standard InChI is InChI=1S/C13H17N5O2/c1-3-5-9-6-11(16-8-15-9)18-7-10(14)12(17-18)13(19)20-4-2/h6-8H,3-5,14H2,1-2H3. The van der Waals surface area contributed by atoms with Gasteiger partial charge < -0.3 is 10.5 Å². The van der Waals surface area contributed by atoms with Crippen LogP contribution in [0.25, 0.3) is 5.82 Å². The van der Waals surface area contributed by atoms with Crippen molar-refractivity contribution >= 4 is 11.7 Å². The molecule has 0 aliphatic rings. The SMILES string of the molecule is CCCc1cc(-n2cc(N)c(C(=O)OCC)n2)ncn1. The molecule has 2 aromatic heterocycles. The van der Waals surface area contributed by atoms with Crippen LogP contribution in [0.15, 0.2) is 18.6 Å². The monoisotopic (exact) mass is 275 g/mol. The number of rotatable bonds is 5. The number of carbonyl (C=O) groups is 1. The third-order valence-electron chi connectivity index (χ3n) is 2.66. The van der Waals surface area contributed by atoms with Gasteiger partial charge in [0.05, 0.1) is 18.5 Å². The Kier molecular flexibility index (Phi) is 4.29. The highest BCUT2D eigenvalue weighted by molar-refractivity contribution is 5.92. The van der Waals surface area contributed by atoms with Crippen LogP contribution in [0, 0.1) is 0 Å². The van der Waals surface area contributed by atoms with Gasteiger partial charge in [-0.05, 0) is 13.3 Å². The number of aryl methyl sites for hydroxylation is 1. The van der Waals surface area contributed by atoms with Gasteiger partial charge in [0.25, 0.3) is 0 Å². The smallest absolute Gasteiger partial charge is 0.361 e. The average Bonchev–Trinajstić information content (AvgIpc) is 2.82. The molecule has 20 heavy (non-hydrogen) atoms. The van der Waals surface area contributed by atoms with Gasteiger partial charge >= 0.3 is 5.97 Å². The van der Waals surface area contributed by atoms with Crippen molar-refractivity contribution in [2.45, 2.75) is 26.7 Å². The highest BCUT2D eigenvalue weighted by Crippen LogP contribution is 2.14. The summed E-state index contributed by atoms with van der Waals surface area (Å²) in [4.78, 5) is 20.0. The molecule has 7 heteroatoms. The van der Waals surface area contributed by atoms with Gasteiger partial charge in [0.2, 0.25) is 0 Å². The molecule has 0 aliphatic carbocycles. The maximum absolute atomic E-state index is 11.7. The normalized spacial score (nSPS) is 10.5. The molecule has 2 heterocycles. The second kappa shape index (κ2) is 6.14. The molecule has 0 bridgehead atoms. The van der Waals surface area contributed by atoms with Crippen LogP contribution < -0.4 is 5.73 Å². The Balaban J connectivity index is 2.31. The fourth-order valence-electron chi connectivity index (χ4n) is 1.77. The van der Waals surface area contributed by atoms with Crippen molar-refractivity contribution in [3.63, 3.8) is 0 Å². The summed E-state index contributed by atoms with van der Waals surface area (Å²) < 4.78 is 6.35. The zero-order valence-corrected chi connectivity index (χ0v) is 11.5. The van der Waals surface area contributed by atoms with Crippen LogP contribution >= 0.6 is 0 Å². The third-order valence-corrected chi connectivity index (χ3v) is 2.66. The molecule has 7 nitrogen and oxygen atoms in total. The van der Waals surface area contributed by atoms with E-state index < -0.39 is 5.97 Å². The molecule has 106 valence electrons. The summed E-state index contributed by atoms with van der Waals surface area (Å²) in [5.74, 6) is 0.0392. The molecular weight excluding hydrogens is 258 g/mol. The molecule has 2 aromatic rings. The molecule has 0 amide bonds. The van der Waals surface area contributed by atoms with Gasteiger partial charge in [-0.3, -0.25) is 0 Å². The van der Waals surface area contributed by atoms with E-state index in [1.807, 2.05) is 6.07 Å². The minimum atomic E-state index is -0.536.